The molecular weight excluding hydrogens is 416 g/mol. The van der Waals surface area contributed by atoms with E-state index in [2.05, 4.69) is 6.58 Å². The van der Waals surface area contributed by atoms with Gasteiger partial charge in [0.25, 0.3) is 0 Å². The molecular formula is C24H34O8. The van der Waals surface area contributed by atoms with Crippen LogP contribution in [0, 0.1) is 17.3 Å². The zero-order chi connectivity index (χ0) is 24.0. The molecule has 0 aromatic heterocycles. The van der Waals surface area contributed by atoms with Crippen LogP contribution in [0.5, 0.6) is 0 Å². The summed E-state index contributed by atoms with van der Waals surface area (Å²) in [7, 11) is 0. The molecule has 1 heterocycles. The van der Waals surface area contributed by atoms with E-state index in [0.717, 1.165) is 5.57 Å². The Morgan fingerprint density at radius 3 is 2.22 bits per heavy atom. The van der Waals surface area contributed by atoms with Gasteiger partial charge in [0.2, 0.25) is 0 Å². The van der Waals surface area contributed by atoms with Gasteiger partial charge in [0, 0.05) is 19.8 Å². The molecule has 0 radical (unpaired) electrons. The third-order valence-corrected chi connectivity index (χ3v) is 7.61. The van der Waals surface area contributed by atoms with Gasteiger partial charge >= 0.3 is 17.9 Å². The van der Waals surface area contributed by atoms with E-state index in [-0.39, 0.29) is 0 Å². The standard InChI is InChI=1S/C24H34O8/c1-12-7-9-17(30-15(4)25)23(6)18(31-16(5)26)10-8-13(2)20(23)21(27)24(29)14(3)22(28)32-19(24)11-12/h11,14,17-21,27,29H,2,7-10H2,1,3-6H3/b12-11-/t14?,17-,18?,19?,20?,21-,23-,24?/m0/s1. The fraction of sp³-hybridized carbons (Fsp3) is 0.708. The van der Waals surface area contributed by atoms with Crippen LogP contribution in [0.2, 0.25) is 0 Å². The molecule has 8 nitrogen and oxygen atoms in total. The van der Waals surface area contributed by atoms with Crippen LogP contribution in [0.1, 0.15) is 60.3 Å². The van der Waals surface area contributed by atoms with Crippen LogP contribution in [0.25, 0.3) is 0 Å². The number of fused-ring (bicyclic) bond motifs is 2. The maximum absolute atomic E-state index is 12.5. The van der Waals surface area contributed by atoms with Crippen LogP contribution in [-0.2, 0) is 28.6 Å². The zero-order valence-corrected chi connectivity index (χ0v) is 19.4. The predicted molar refractivity (Wildman–Crippen MR) is 114 cm³/mol. The highest BCUT2D eigenvalue weighted by atomic mass is 16.6. The summed E-state index contributed by atoms with van der Waals surface area (Å²) in [4.78, 5) is 36.5. The number of allylic oxidation sites excluding steroid dienone is 1. The lowest BCUT2D eigenvalue weighted by Crippen LogP contribution is -2.64. The van der Waals surface area contributed by atoms with Gasteiger partial charge in [-0.05, 0) is 45.6 Å². The lowest BCUT2D eigenvalue weighted by atomic mass is 9.55. The number of hydrogen-bond acceptors (Lipinski definition) is 8. The summed E-state index contributed by atoms with van der Waals surface area (Å²) in [6.07, 6.45) is -0.478. The van der Waals surface area contributed by atoms with Crippen molar-refractivity contribution in [3.63, 3.8) is 0 Å². The molecule has 0 spiro atoms. The lowest BCUT2D eigenvalue weighted by Gasteiger charge is -2.55. The molecule has 0 aromatic carbocycles. The van der Waals surface area contributed by atoms with Gasteiger partial charge in [0.1, 0.15) is 17.8 Å². The first-order chi connectivity index (χ1) is 14.8. The molecule has 3 aliphatic rings. The first-order valence-corrected chi connectivity index (χ1v) is 11.1. The van der Waals surface area contributed by atoms with Crippen LogP contribution in [0.4, 0.5) is 0 Å². The minimum atomic E-state index is -1.93. The fourth-order valence-electron chi connectivity index (χ4n) is 5.79. The van der Waals surface area contributed by atoms with Gasteiger partial charge in [0.15, 0.2) is 6.10 Å². The summed E-state index contributed by atoms with van der Waals surface area (Å²) in [6.45, 7) is 11.9. The van der Waals surface area contributed by atoms with Gasteiger partial charge in [0.05, 0.1) is 17.4 Å². The minimum Gasteiger partial charge on any atom is -0.462 e. The summed E-state index contributed by atoms with van der Waals surface area (Å²) < 4.78 is 16.9. The van der Waals surface area contributed by atoms with E-state index < -0.39 is 65.2 Å². The molecule has 5 unspecified atom stereocenters. The number of esters is 3. The first kappa shape index (κ1) is 24.5. The van der Waals surface area contributed by atoms with Gasteiger partial charge in [-0.3, -0.25) is 14.4 Å². The summed E-state index contributed by atoms with van der Waals surface area (Å²) in [6, 6.07) is 0. The molecule has 32 heavy (non-hydrogen) atoms. The number of carbonyl (C=O) groups excluding carboxylic acids is 3. The molecule has 0 bridgehead atoms. The average Bonchev–Trinajstić information content (AvgIpc) is 2.90. The Morgan fingerprint density at radius 2 is 1.69 bits per heavy atom. The number of carbonyl (C=O) groups is 3. The van der Waals surface area contributed by atoms with Crippen molar-refractivity contribution in [3.8, 4) is 0 Å². The van der Waals surface area contributed by atoms with Crippen molar-refractivity contribution in [3.05, 3.63) is 23.8 Å². The minimum absolute atomic E-state index is 0.404. The van der Waals surface area contributed by atoms with Crippen molar-refractivity contribution < 1.29 is 38.8 Å². The van der Waals surface area contributed by atoms with Gasteiger partial charge in [-0.2, -0.15) is 0 Å². The van der Waals surface area contributed by atoms with E-state index in [1.54, 1.807) is 13.0 Å². The second-order valence-corrected chi connectivity index (χ2v) is 9.70. The van der Waals surface area contributed by atoms with E-state index in [4.69, 9.17) is 14.2 Å². The van der Waals surface area contributed by atoms with Gasteiger partial charge in [-0.25, -0.2) is 0 Å². The van der Waals surface area contributed by atoms with E-state index >= 15 is 0 Å². The molecule has 2 N–H and O–H groups in total. The summed E-state index contributed by atoms with van der Waals surface area (Å²) in [5.74, 6) is -3.40. The second-order valence-electron chi connectivity index (χ2n) is 9.70. The number of rotatable bonds is 2. The smallest absolute Gasteiger partial charge is 0.312 e. The zero-order valence-electron chi connectivity index (χ0n) is 19.4. The Kier molecular flexibility index (Phi) is 6.60. The van der Waals surface area contributed by atoms with Gasteiger partial charge in [-0.1, -0.05) is 24.6 Å². The van der Waals surface area contributed by atoms with Crippen LogP contribution in [-0.4, -0.2) is 58.1 Å². The van der Waals surface area contributed by atoms with Crippen LogP contribution >= 0.6 is 0 Å². The van der Waals surface area contributed by atoms with Gasteiger partial charge in [-0.15, -0.1) is 0 Å². The number of aliphatic hydroxyl groups excluding tert-OH is 1. The van der Waals surface area contributed by atoms with E-state index in [0.29, 0.717) is 31.3 Å². The topological polar surface area (TPSA) is 119 Å². The normalized spacial score (nSPS) is 43.8. The average molecular weight is 451 g/mol. The molecule has 1 saturated heterocycles. The quantitative estimate of drug-likeness (QED) is 0.373. The molecule has 178 valence electrons. The van der Waals surface area contributed by atoms with Crippen molar-refractivity contribution >= 4 is 17.9 Å². The monoisotopic (exact) mass is 450 g/mol. The van der Waals surface area contributed by atoms with Crippen molar-refractivity contribution in [2.45, 2.75) is 90.3 Å². The van der Waals surface area contributed by atoms with Crippen molar-refractivity contribution in [2.24, 2.45) is 17.3 Å². The van der Waals surface area contributed by atoms with Crippen LogP contribution in [0.15, 0.2) is 23.8 Å². The lowest BCUT2D eigenvalue weighted by molar-refractivity contribution is -0.209. The van der Waals surface area contributed by atoms with Gasteiger partial charge < -0.3 is 24.4 Å². The fourth-order valence-corrected chi connectivity index (χ4v) is 5.79. The maximum Gasteiger partial charge on any atom is 0.312 e. The van der Waals surface area contributed by atoms with Crippen LogP contribution in [0.3, 0.4) is 0 Å². The Bertz CT molecular complexity index is 847. The SMILES string of the molecule is C=C1CCC(OC(C)=O)[C@@]2(C)C1[C@H](O)C1(O)C(/C=C(/C)CC[C@@H]2OC(C)=O)OC(=O)C1C. The van der Waals surface area contributed by atoms with Crippen molar-refractivity contribution in [2.75, 3.05) is 0 Å². The van der Waals surface area contributed by atoms with E-state index in [1.165, 1.54) is 20.8 Å². The molecule has 0 amide bonds. The van der Waals surface area contributed by atoms with Crippen LogP contribution < -0.4 is 0 Å². The third kappa shape index (κ3) is 3.88. The highest BCUT2D eigenvalue weighted by molar-refractivity contribution is 5.77. The summed E-state index contributed by atoms with van der Waals surface area (Å²) >= 11 is 0. The molecule has 1 saturated carbocycles. The molecule has 2 fully saturated rings. The molecule has 1 aliphatic heterocycles. The Morgan fingerprint density at radius 1 is 1.16 bits per heavy atom. The summed E-state index contributed by atoms with van der Waals surface area (Å²) in [5, 5.41) is 23.5. The van der Waals surface area contributed by atoms with E-state index in [1.807, 2.05) is 6.92 Å². The largest absolute Gasteiger partial charge is 0.462 e. The number of ether oxygens (including phenoxy) is 3. The first-order valence-electron chi connectivity index (χ1n) is 11.1. The van der Waals surface area contributed by atoms with Crippen molar-refractivity contribution in [1.82, 2.24) is 0 Å². The molecule has 2 aliphatic carbocycles. The number of hydrogen-bond donors (Lipinski definition) is 2. The second kappa shape index (κ2) is 8.63. The Hall–Kier alpha value is -2.19. The molecule has 8 heteroatoms. The molecule has 3 rings (SSSR count). The predicted octanol–water partition coefficient (Wildman–Crippen LogP) is 2.22. The Balaban J connectivity index is 2.23. The third-order valence-electron chi connectivity index (χ3n) is 7.61. The Labute approximate surface area is 188 Å². The van der Waals surface area contributed by atoms with Crippen molar-refractivity contribution in [1.29, 1.82) is 0 Å². The van der Waals surface area contributed by atoms with E-state index in [9.17, 15) is 24.6 Å². The molecule has 0 aromatic rings. The highest BCUT2D eigenvalue weighted by Crippen LogP contribution is 2.55. The number of aliphatic hydroxyl groups is 2. The molecule has 8 atom stereocenters. The maximum atomic E-state index is 12.5. The highest BCUT2D eigenvalue weighted by Gasteiger charge is 2.65. The summed E-state index contributed by atoms with van der Waals surface area (Å²) in [5.41, 5.74) is -1.56.